The predicted octanol–water partition coefficient (Wildman–Crippen LogP) is 4.14. The van der Waals surface area contributed by atoms with Crippen LogP contribution in [0.4, 0.5) is 0 Å². The second kappa shape index (κ2) is 8.61. The van der Waals surface area contributed by atoms with E-state index >= 15 is 0 Å². The summed E-state index contributed by atoms with van der Waals surface area (Å²) in [6.07, 6.45) is 4.42. The normalized spacial score (nSPS) is 19.2. The molecule has 1 saturated heterocycles. The molecular formula is C27H33N7O. The average molecular weight is 472 g/mol. The summed E-state index contributed by atoms with van der Waals surface area (Å²) in [6.45, 7) is 9.51. The summed E-state index contributed by atoms with van der Waals surface area (Å²) in [7, 11) is 3.75. The van der Waals surface area contributed by atoms with Crippen molar-refractivity contribution in [3.8, 4) is 22.5 Å². The molecule has 3 aromatic heterocycles. The maximum atomic E-state index is 12.8. The van der Waals surface area contributed by atoms with Gasteiger partial charge in [-0.3, -0.25) is 14.8 Å². The molecule has 182 valence electrons. The molecule has 2 atom stereocenters. The third kappa shape index (κ3) is 3.55. The molecule has 1 aromatic carbocycles. The van der Waals surface area contributed by atoms with Gasteiger partial charge in [-0.25, -0.2) is 9.50 Å². The minimum absolute atomic E-state index is 0.0783. The van der Waals surface area contributed by atoms with Gasteiger partial charge in [0.05, 0.1) is 11.4 Å². The Bertz CT molecular complexity index is 1380. The highest BCUT2D eigenvalue weighted by Crippen LogP contribution is 2.43. The van der Waals surface area contributed by atoms with Crippen molar-refractivity contribution < 1.29 is 4.79 Å². The maximum Gasteiger partial charge on any atom is 0.240 e. The van der Waals surface area contributed by atoms with E-state index < -0.39 is 5.54 Å². The van der Waals surface area contributed by atoms with E-state index in [9.17, 15) is 4.79 Å². The Morgan fingerprint density at radius 1 is 1.17 bits per heavy atom. The van der Waals surface area contributed by atoms with Crippen LogP contribution in [0.15, 0.2) is 42.9 Å². The Morgan fingerprint density at radius 3 is 2.51 bits per heavy atom. The SMILES string of the molecule is CNC(=O)C1([C@@H](C)c2ccc(-c3[nH]nc(-c4cc(C)c5ncnn5c4)c3C(C)C)cc2)CCN1C. The molecule has 1 amide bonds. The van der Waals surface area contributed by atoms with Crippen molar-refractivity contribution in [2.24, 2.45) is 0 Å². The smallest absolute Gasteiger partial charge is 0.240 e. The Hall–Kier alpha value is -3.52. The fraction of sp³-hybridized carbons (Fsp3) is 0.407. The molecule has 1 aliphatic rings. The van der Waals surface area contributed by atoms with Crippen molar-refractivity contribution in [1.82, 2.24) is 35.0 Å². The van der Waals surface area contributed by atoms with E-state index in [1.165, 1.54) is 5.56 Å². The molecule has 0 aliphatic carbocycles. The van der Waals surface area contributed by atoms with Crippen LogP contribution in [0.2, 0.25) is 0 Å². The van der Waals surface area contributed by atoms with Crippen molar-refractivity contribution in [3.63, 3.8) is 0 Å². The van der Waals surface area contributed by atoms with Gasteiger partial charge >= 0.3 is 0 Å². The highest BCUT2D eigenvalue weighted by atomic mass is 16.2. The number of aromatic amines is 1. The molecule has 0 radical (unpaired) electrons. The first-order valence-electron chi connectivity index (χ1n) is 12.2. The van der Waals surface area contributed by atoms with E-state index in [4.69, 9.17) is 5.10 Å². The average Bonchev–Trinajstić information content (AvgIpc) is 3.51. The number of carbonyl (C=O) groups excluding carboxylic acids is 1. The molecule has 1 unspecified atom stereocenters. The minimum atomic E-state index is -0.488. The van der Waals surface area contributed by atoms with Crippen LogP contribution in [0.3, 0.4) is 0 Å². The number of benzene rings is 1. The third-order valence-electron chi connectivity index (χ3n) is 7.76. The molecule has 0 saturated carbocycles. The number of aryl methyl sites for hydroxylation is 1. The van der Waals surface area contributed by atoms with Crippen LogP contribution in [-0.4, -0.2) is 61.8 Å². The van der Waals surface area contributed by atoms with Crippen LogP contribution in [-0.2, 0) is 4.79 Å². The van der Waals surface area contributed by atoms with Gasteiger partial charge in [0.1, 0.15) is 11.9 Å². The standard InChI is InChI=1S/C27H33N7O/c1-16(2)22-23(31-32-24(22)21-13-17(3)25-29-15-30-34(25)14-21)20-9-7-19(8-10-20)18(4)27(26(35)28-5)11-12-33(27)6/h7-10,13-16,18H,11-12H2,1-6H3,(H,28,35)(H,31,32)/t18-,27?/m0/s1. The zero-order valence-electron chi connectivity index (χ0n) is 21.3. The lowest BCUT2D eigenvalue weighted by molar-refractivity contribution is -0.142. The molecule has 4 aromatic rings. The lowest BCUT2D eigenvalue weighted by atomic mass is 9.71. The van der Waals surface area contributed by atoms with Crippen molar-refractivity contribution in [2.45, 2.75) is 51.5 Å². The Kier molecular flexibility index (Phi) is 5.71. The van der Waals surface area contributed by atoms with E-state index in [-0.39, 0.29) is 17.7 Å². The van der Waals surface area contributed by atoms with Gasteiger partial charge in [-0.05, 0) is 49.1 Å². The van der Waals surface area contributed by atoms with Crippen molar-refractivity contribution in [3.05, 3.63) is 59.5 Å². The Labute approximate surface area is 205 Å². The Balaban J connectivity index is 1.51. The molecule has 4 heterocycles. The number of rotatable bonds is 6. The first-order chi connectivity index (χ1) is 16.8. The summed E-state index contributed by atoms with van der Waals surface area (Å²) in [5, 5.41) is 15.2. The van der Waals surface area contributed by atoms with Crippen molar-refractivity contribution >= 4 is 11.6 Å². The van der Waals surface area contributed by atoms with Gasteiger partial charge in [0.15, 0.2) is 5.65 Å². The summed E-state index contributed by atoms with van der Waals surface area (Å²) in [5.41, 5.74) is 7.80. The van der Waals surface area contributed by atoms with Crippen LogP contribution in [0.5, 0.6) is 0 Å². The third-order valence-corrected chi connectivity index (χ3v) is 7.76. The van der Waals surface area contributed by atoms with E-state index in [1.54, 1.807) is 17.9 Å². The second-order valence-corrected chi connectivity index (χ2v) is 9.97. The number of hydrogen-bond donors (Lipinski definition) is 2. The van der Waals surface area contributed by atoms with Crippen LogP contribution >= 0.6 is 0 Å². The fourth-order valence-electron chi connectivity index (χ4n) is 5.61. The van der Waals surface area contributed by atoms with E-state index in [2.05, 4.69) is 76.5 Å². The molecule has 1 aliphatic heterocycles. The van der Waals surface area contributed by atoms with Crippen molar-refractivity contribution in [1.29, 1.82) is 0 Å². The predicted molar refractivity (Wildman–Crippen MR) is 137 cm³/mol. The first-order valence-corrected chi connectivity index (χ1v) is 12.2. The van der Waals surface area contributed by atoms with Gasteiger partial charge < -0.3 is 5.32 Å². The van der Waals surface area contributed by atoms with Gasteiger partial charge in [0.2, 0.25) is 5.91 Å². The molecular weight excluding hydrogens is 438 g/mol. The molecule has 0 spiro atoms. The van der Waals surface area contributed by atoms with E-state index in [0.29, 0.717) is 0 Å². The number of amides is 1. The molecule has 2 N–H and O–H groups in total. The summed E-state index contributed by atoms with van der Waals surface area (Å²) in [6, 6.07) is 10.7. The van der Waals surface area contributed by atoms with Gasteiger partial charge in [0.25, 0.3) is 0 Å². The van der Waals surface area contributed by atoms with Crippen LogP contribution in [0.1, 0.15) is 55.7 Å². The van der Waals surface area contributed by atoms with Gasteiger partial charge in [0, 0.05) is 36.8 Å². The number of hydrogen-bond acceptors (Lipinski definition) is 5. The molecule has 35 heavy (non-hydrogen) atoms. The number of fused-ring (bicyclic) bond motifs is 1. The number of aromatic nitrogens is 5. The van der Waals surface area contributed by atoms with Crippen molar-refractivity contribution in [2.75, 3.05) is 20.6 Å². The molecule has 0 bridgehead atoms. The number of H-pyrrole nitrogens is 1. The summed E-state index contributed by atoms with van der Waals surface area (Å²) >= 11 is 0. The number of carbonyl (C=O) groups is 1. The summed E-state index contributed by atoms with van der Waals surface area (Å²) in [4.78, 5) is 19.3. The largest absolute Gasteiger partial charge is 0.358 e. The lowest BCUT2D eigenvalue weighted by Gasteiger charge is -2.53. The van der Waals surface area contributed by atoms with Gasteiger partial charge in [-0.2, -0.15) is 10.2 Å². The van der Waals surface area contributed by atoms with Crippen LogP contribution in [0, 0.1) is 6.92 Å². The summed E-state index contributed by atoms with van der Waals surface area (Å²) < 4.78 is 1.80. The fourth-order valence-corrected chi connectivity index (χ4v) is 5.61. The van der Waals surface area contributed by atoms with E-state index in [1.807, 2.05) is 20.2 Å². The highest BCUT2D eigenvalue weighted by molar-refractivity contribution is 5.88. The Morgan fingerprint density at radius 2 is 1.91 bits per heavy atom. The molecule has 1 fully saturated rings. The van der Waals surface area contributed by atoms with E-state index in [0.717, 1.165) is 52.3 Å². The number of pyridine rings is 1. The number of likely N-dealkylation sites (tertiary alicyclic amines) is 1. The van der Waals surface area contributed by atoms with Crippen LogP contribution in [0.25, 0.3) is 28.2 Å². The topological polar surface area (TPSA) is 91.2 Å². The quantitative estimate of drug-likeness (QED) is 0.441. The monoisotopic (exact) mass is 471 g/mol. The zero-order chi connectivity index (χ0) is 24.9. The first kappa shape index (κ1) is 23.2. The number of nitrogens with one attached hydrogen (secondary N) is 2. The van der Waals surface area contributed by atoms with Crippen LogP contribution < -0.4 is 5.32 Å². The number of nitrogens with zero attached hydrogens (tertiary/aromatic N) is 5. The molecule has 5 rings (SSSR count). The lowest BCUT2D eigenvalue weighted by Crippen LogP contribution is -2.68. The minimum Gasteiger partial charge on any atom is -0.358 e. The second-order valence-electron chi connectivity index (χ2n) is 9.97. The van der Waals surface area contributed by atoms with Gasteiger partial charge in [-0.1, -0.05) is 45.0 Å². The maximum absolute atomic E-state index is 12.8. The zero-order valence-corrected chi connectivity index (χ0v) is 21.3. The molecule has 8 heteroatoms. The number of likely N-dealkylation sites (N-methyl/N-ethyl adjacent to an activating group) is 2. The highest BCUT2D eigenvalue weighted by Gasteiger charge is 2.52. The molecule has 8 nitrogen and oxygen atoms in total. The van der Waals surface area contributed by atoms with Gasteiger partial charge in [-0.15, -0.1) is 0 Å². The summed E-state index contributed by atoms with van der Waals surface area (Å²) in [5.74, 6) is 0.432.